The molecule has 0 spiro atoms. The van der Waals surface area contributed by atoms with Gasteiger partial charge in [0.15, 0.2) is 0 Å². The summed E-state index contributed by atoms with van der Waals surface area (Å²) in [5.74, 6) is 0.663. The van der Waals surface area contributed by atoms with Crippen LogP contribution < -0.4 is 10.4 Å². The van der Waals surface area contributed by atoms with Gasteiger partial charge in [-0.2, -0.15) is 5.06 Å². The summed E-state index contributed by atoms with van der Waals surface area (Å²) in [7, 11) is 3.07. The lowest BCUT2D eigenvalue weighted by molar-refractivity contribution is 0.164. The number of benzene rings is 2. The zero-order chi connectivity index (χ0) is 16.2. The predicted octanol–water partition coefficient (Wildman–Crippen LogP) is 3.35. The van der Waals surface area contributed by atoms with Crippen LogP contribution in [0.15, 0.2) is 48.5 Å². The lowest BCUT2D eigenvalue weighted by atomic mass is 9.96. The Hall–Kier alpha value is -2.33. The van der Waals surface area contributed by atoms with Gasteiger partial charge in [0, 0.05) is 7.05 Å². The number of anilines is 1. The molecule has 1 aliphatic carbocycles. The number of hydrogen-bond donors (Lipinski definition) is 1. The van der Waals surface area contributed by atoms with Gasteiger partial charge in [-0.15, -0.1) is 0 Å². The minimum absolute atomic E-state index is 0.286. The van der Waals surface area contributed by atoms with Gasteiger partial charge in [0.25, 0.3) is 0 Å². The van der Waals surface area contributed by atoms with E-state index in [9.17, 15) is 4.79 Å². The average molecular weight is 310 g/mol. The predicted molar refractivity (Wildman–Crippen MR) is 91.4 cm³/mol. The van der Waals surface area contributed by atoms with Crippen molar-refractivity contribution in [3.05, 3.63) is 65.2 Å². The summed E-state index contributed by atoms with van der Waals surface area (Å²) in [6.07, 6.45) is 3.36. The molecule has 2 aromatic carbocycles. The van der Waals surface area contributed by atoms with Crippen molar-refractivity contribution in [2.24, 2.45) is 5.92 Å². The van der Waals surface area contributed by atoms with Gasteiger partial charge in [0.2, 0.25) is 0 Å². The molecule has 0 radical (unpaired) electrons. The first kappa shape index (κ1) is 15.6. The second-order valence-corrected chi connectivity index (χ2v) is 5.95. The van der Waals surface area contributed by atoms with Crippen molar-refractivity contribution in [3.63, 3.8) is 0 Å². The highest BCUT2D eigenvalue weighted by Gasteiger charge is 2.21. The molecule has 2 aromatic rings. The molecular weight excluding hydrogens is 288 g/mol. The van der Waals surface area contributed by atoms with Gasteiger partial charge in [-0.3, -0.25) is 4.84 Å². The molecule has 0 fully saturated rings. The van der Waals surface area contributed by atoms with Gasteiger partial charge >= 0.3 is 6.03 Å². The number of fused-ring (bicyclic) bond motifs is 1. The fraction of sp³-hybridized carbons (Fsp3) is 0.316. The van der Waals surface area contributed by atoms with Crippen molar-refractivity contribution >= 4 is 11.7 Å². The minimum Gasteiger partial charge on any atom is -0.339 e. The molecule has 3 rings (SSSR count). The maximum absolute atomic E-state index is 11.7. The summed E-state index contributed by atoms with van der Waals surface area (Å²) >= 11 is 0. The Labute approximate surface area is 137 Å². The quantitative estimate of drug-likeness (QED) is 0.880. The number of nitrogens with zero attached hydrogens (tertiary/aromatic N) is 1. The number of urea groups is 1. The summed E-state index contributed by atoms with van der Waals surface area (Å²) in [6, 6.07) is 16.4. The van der Waals surface area contributed by atoms with Crippen LogP contribution in [-0.4, -0.2) is 20.2 Å². The SMILES string of the molecule is CNC(=O)N(OC)c1ccc(CC2Cc3ccccc3C2)cc1. The van der Waals surface area contributed by atoms with Crippen molar-refractivity contribution in [1.29, 1.82) is 0 Å². The van der Waals surface area contributed by atoms with Crippen LogP contribution in [0.1, 0.15) is 16.7 Å². The van der Waals surface area contributed by atoms with E-state index in [0.29, 0.717) is 5.92 Å². The molecular formula is C19H22N2O2. The van der Waals surface area contributed by atoms with Gasteiger partial charge in [0.05, 0.1) is 12.8 Å². The number of carbonyl (C=O) groups is 1. The molecule has 1 N–H and O–H groups in total. The molecule has 4 nitrogen and oxygen atoms in total. The molecule has 0 heterocycles. The lowest BCUT2D eigenvalue weighted by Crippen LogP contribution is -2.37. The largest absolute Gasteiger partial charge is 0.345 e. The number of amides is 2. The third-order valence-corrected chi connectivity index (χ3v) is 4.41. The van der Waals surface area contributed by atoms with Crippen molar-refractivity contribution < 1.29 is 9.63 Å². The van der Waals surface area contributed by atoms with Crippen LogP contribution in [0.2, 0.25) is 0 Å². The maximum Gasteiger partial charge on any atom is 0.345 e. The van der Waals surface area contributed by atoms with Crippen LogP contribution in [0.25, 0.3) is 0 Å². The molecule has 4 heteroatoms. The lowest BCUT2D eigenvalue weighted by Gasteiger charge is -2.19. The monoisotopic (exact) mass is 310 g/mol. The first-order valence-corrected chi connectivity index (χ1v) is 7.93. The molecule has 0 aliphatic heterocycles. The van der Waals surface area contributed by atoms with E-state index < -0.39 is 0 Å². The van der Waals surface area contributed by atoms with Crippen LogP contribution in [0.5, 0.6) is 0 Å². The number of nitrogens with one attached hydrogen (secondary N) is 1. The molecule has 0 saturated heterocycles. The second-order valence-electron chi connectivity index (χ2n) is 5.95. The smallest absolute Gasteiger partial charge is 0.339 e. The van der Waals surface area contributed by atoms with E-state index in [1.54, 1.807) is 7.05 Å². The Bertz CT molecular complexity index is 657. The maximum atomic E-state index is 11.7. The third-order valence-electron chi connectivity index (χ3n) is 4.41. The molecule has 0 unspecified atom stereocenters. The Balaban J connectivity index is 1.66. The number of hydrogen-bond acceptors (Lipinski definition) is 2. The number of carbonyl (C=O) groups excluding carboxylic acids is 1. The van der Waals surface area contributed by atoms with Crippen molar-refractivity contribution in [3.8, 4) is 0 Å². The van der Waals surface area contributed by atoms with Crippen LogP contribution in [0.3, 0.4) is 0 Å². The zero-order valence-corrected chi connectivity index (χ0v) is 13.6. The van der Waals surface area contributed by atoms with Crippen LogP contribution in [0, 0.1) is 5.92 Å². The molecule has 1 aliphatic rings. The summed E-state index contributed by atoms with van der Waals surface area (Å²) in [6.45, 7) is 0. The van der Waals surface area contributed by atoms with Crippen molar-refractivity contribution in [2.45, 2.75) is 19.3 Å². The average Bonchev–Trinajstić information content (AvgIpc) is 2.99. The van der Waals surface area contributed by atoms with E-state index in [2.05, 4.69) is 41.7 Å². The standard InChI is InChI=1S/C19H22N2O2/c1-20-19(22)21(23-2)18-9-7-14(8-10-18)11-15-12-16-5-3-4-6-17(16)13-15/h3-10,15H,11-13H2,1-2H3,(H,20,22). The summed E-state index contributed by atoms with van der Waals surface area (Å²) in [4.78, 5) is 16.8. The van der Waals surface area contributed by atoms with Crippen molar-refractivity contribution in [2.75, 3.05) is 19.2 Å². The van der Waals surface area contributed by atoms with Gasteiger partial charge < -0.3 is 5.32 Å². The van der Waals surface area contributed by atoms with Crippen LogP contribution in [0.4, 0.5) is 10.5 Å². The topological polar surface area (TPSA) is 41.6 Å². The normalized spacial score (nSPS) is 13.7. The second kappa shape index (κ2) is 6.84. The highest BCUT2D eigenvalue weighted by molar-refractivity contribution is 5.89. The minimum atomic E-state index is -0.286. The first-order chi connectivity index (χ1) is 11.2. The summed E-state index contributed by atoms with van der Waals surface area (Å²) in [5, 5.41) is 3.81. The van der Waals surface area contributed by atoms with Gasteiger partial charge in [0.1, 0.15) is 0 Å². The molecule has 23 heavy (non-hydrogen) atoms. The fourth-order valence-corrected chi connectivity index (χ4v) is 3.30. The molecule has 0 aromatic heterocycles. The highest BCUT2D eigenvalue weighted by atomic mass is 16.7. The molecule has 0 bridgehead atoms. The zero-order valence-electron chi connectivity index (χ0n) is 13.6. The van der Waals surface area contributed by atoms with Gasteiger partial charge in [-0.05, 0) is 54.0 Å². The van der Waals surface area contributed by atoms with E-state index in [-0.39, 0.29) is 6.03 Å². The Morgan fingerprint density at radius 1 is 1.13 bits per heavy atom. The van der Waals surface area contributed by atoms with E-state index in [4.69, 9.17) is 4.84 Å². The number of hydroxylamine groups is 1. The summed E-state index contributed by atoms with van der Waals surface area (Å²) in [5.41, 5.74) is 4.99. The van der Waals surface area contributed by atoms with Gasteiger partial charge in [-0.25, -0.2) is 4.79 Å². The number of rotatable bonds is 4. The third kappa shape index (κ3) is 3.37. The molecule has 2 amide bonds. The highest BCUT2D eigenvalue weighted by Crippen LogP contribution is 2.29. The van der Waals surface area contributed by atoms with Gasteiger partial charge in [-0.1, -0.05) is 36.4 Å². The summed E-state index contributed by atoms with van der Waals surface area (Å²) < 4.78 is 0. The Kier molecular flexibility index (Phi) is 4.63. The van der Waals surface area contributed by atoms with E-state index in [1.165, 1.54) is 28.9 Å². The molecule has 120 valence electrons. The van der Waals surface area contributed by atoms with E-state index in [1.807, 2.05) is 12.1 Å². The van der Waals surface area contributed by atoms with Crippen molar-refractivity contribution in [1.82, 2.24) is 5.32 Å². The Morgan fingerprint density at radius 3 is 2.26 bits per heavy atom. The molecule has 0 atom stereocenters. The first-order valence-electron chi connectivity index (χ1n) is 7.93. The Morgan fingerprint density at radius 2 is 1.74 bits per heavy atom. The van der Waals surface area contributed by atoms with E-state index in [0.717, 1.165) is 24.9 Å². The van der Waals surface area contributed by atoms with Crippen LogP contribution >= 0.6 is 0 Å². The molecule has 0 saturated carbocycles. The van der Waals surface area contributed by atoms with E-state index >= 15 is 0 Å². The fourth-order valence-electron chi connectivity index (χ4n) is 3.30. The van der Waals surface area contributed by atoms with Crippen LogP contribution in [-0.2, 0) is 24.1 Å².